The van der Waals surface area contributed by atoms with Crippen molar-refractivity contribution in [3.63, 3.8) is 0 Å². The number of ether oxygens (including phenoxy) is 2. The molecule has 2 rings (SSSR count). The van der Waals surface area contributed by atoms with Crippen LogP contribution in [0.4, 0.5) is 5.82 Å². The van der Waals surface area contributed by atoms with E-state index in [9.17, 15) is 9.90 Å². The summed E-state index contributed by atoms with van der Waals surface area (Å²) in [6, 6.07) is 0. The third-order valence-corrected chi connectivity index (χ3v) is 3.82. The summed E-state index contributed by atoms with van der Waals surface area (Å²) in [6.45, 7) is 2.26. The first-order valence-corrected chi connectivity index (χ1v) is 7.06. The number of nitrogens with zero attached hydrogens (tertiary/aromatic N) is 2. The monoisotopic (exact) mass is 381 g/mol. The maximum absolute atomic E-state index is 11.8. The molecule has 0 aliphatic carbocycles. The van der Waals surface area contributed by atoms with Crippen LogP contribution in [-0.4, -0.2) is 40.1 Å². The molecule has 3 N–H and O–H groups in total. The van der Waals surface area contributed by atoms with E-state index >= 15 is 0 Å². The van der Waals surface area contributed by atoms with Gasteiger partial charge in [0, 0.05) is 19.2 Å². The zero-order valence-corrected chi connectivity index (χ0v) is 12.6. The van der Waals surface area contributed by atoms with E-state index in [1.54, 1.807) is 6.20 Å². The van der Waals surface area contributed by atoms with E-state index in [4.69, 9.17) is 15.2 Å². The molecule has 106 valence electrons. The molecule has 1 aliphatic rings. The van der Waals surface area contributed by atoms with Gasteiger partial charge in [0.25, 0.3) is 0 Å². The van der Waals surface area contributed by atoms with Crippen molar-refractivity contribution in [3.8, 4) is 0 Å². The van der Waals surface area contributed by atoms with Gasteiger partial charge in [-0.2, -0.15) is 4.98 Å². The molecule has 1 aromatic heterocycles. The van der Waals surface area contributed by atoms with Gasteiger partial charge in [0.2, 0.25) is 0 Å². The third-order valence-electron chi connectivity index (χ3n) is 2.99. The molecule has 1 saturated heterocycles. The summed E-state index contributed by atoms with van der Waals surface area (Å²) in [5, 5.41) is 9.27. The van der Waals surface area contributed by atoms with Gasteiger partial charge in [0.1, 0.15) is 18.1 Å². The standard InChI is InChI=1S/C11H16IN3O4/c1-2-18-7-3-9(19-8(7)5-16)15-4-6(12)10(13)14-11(15)17/h4,7-9,16H,2-3,5H2,1H3,(H2,13,14,17). The molecule has 3 atom stereocenters. The summed E-state index contributed by atoms with van der Waals surface area (Å²) < 4.78 is 13.2. The second kappa shape index (κ2) is 6.16. The number of anilines is 1. The van der Waals surface area contributed by atoms with E-state index in [0.717, 1.165) is 0 Å². The number of halogens is 1. The van der Waals surface area contributed by atoms with Crippen molar-refractivity contribution >= 4 is 28.4 Å². The molecule has 0 amide bonds. The Morgan fingerprint density at radius 2 is 2.47 bits per heavy atom. The topological polar surface area (TPSA) is 99.6 Å². The van der Waals surface area contributed by atoms with Gasteiger partial charge in [0.15, 0.2) is 0 Å². The molecular formula is C11H16IN3O4. The Morgan fingerprint density at radius 1 is 1.74 bits per heavy atom. The van der Waals surface area contributed by atoms with Crippen molar-refractivity contribution in [2.24, 2.45) is 0 Å². The Hall–Kier alpha value is -0.710. The molecule has 0 saturated carbocycles. The highest BCUT2D eigenvalue weighted by Gasteiger charge is 2.36. The third kappa shape index (κ3) is 3.07. The molecule has 3 unspecified atom stereocenters. The first-order chi connectivity index (χ1) is 9.06. The van der Waals surface area contributed by atoms with Gasteiger partial charge in [-0.15, -0.1) is 0 Å². The first-order valence-electron chi connectivity index (χ1n) is 5.98. The minimum absolute atomic E-state index is 0.143. The minimum atomic E-state index is -0.484. The van der Waals surface area contributed by atoms with Gasteiger partial charge in [-0.05, 0) is 29.5 Å². The molecule has 8 heteroatoms. The molecule has 0 radical (unpaired) electrons. The van der Waals surface area contributed by atoms with Crippen LogP contribution in [0, 0.1) is 3.57 Å². The van der Waals surface area contributed by atoms with Gasteiger partial charge in [-0.1, -0.05) is 0 Å². The summed E-state index contributed by atoms with van der Waals surface area (Å²) in [4.78, 5) is 15.6. The number of rotatable bonds is 4. The second-order valence-electron chi connectivity index (χ2n) is 4.21. The molecule has 0 spiro atoms. The van der Waals surface area contributed by atoms with E-state index in [1.807, 2.05) is 29.5 Å². The number of aliphatic hydroxyl groups is 1. The van der Waals surface area contributed by atoms with Crippen molar-refractivity contribution < 1.29 is 14.6 Å². The fraction of sp³-hybridized carbons (Fsp3) is 0.636. The Labute approximate surface area is 123 Å². The fourth-order valence-corrected chi connectivity index (χ4v) is 2.51. The maximum Gasteiger partial charge on any atom is 0.351 e. The van der Waals surface area contributed by atoms with Gasteiger partial charge in [0.05, 0.1) is 16.3 Å². The van der Waals surface area contributed by atoms with Crippen LogP contribution in [0.15, 0.2) is 11.0 Å². The van der Waals surface area contributed by atoms with Crippen molar-refractivity contribution in [1.82, 2.24) is 9.55 Å². The van der Waals surface area contributed by atoms with Crippen LogP contribution in [0.3, 0.4) is 0 Å². The van der Waals surface area contributed by atoms with Crippen LogP contribution >= 0.6 is 22.6 Å². The lowest BCUT2D eigenvalue weighted by atomic mass is 10.2. The summed E-state index contributed by atoms with van der Waals surface area (Å²) in [5.74, 6) is 0.208. The van der Waals surface area contributed by atoms with Gasteiger partial charge < -0.3 is 20.3 Å². The van der Waals surface area contributed by atoms with Crippen LogP contribution in [0.5, 0.6) is 0 Å². The zero-order valence-electron chi connectivity index (χ0n) is 10.5. The van der Waals surface area contributed by atoms with Crippen LogP contribution in [0.1, 0.15) is 19.6 Å². The number of aliphatic hydroxyl groups excluding tert-OH is 1. The van der Waals surface area contributed by atoms with Crippen LogP contribution < -0.4 is 11.4 Å². The molecule has 1 fully saturated rings. The molecular weight excluding hydrogens is 365 g/mol. The highest BCUT2D eigenvalue weighted by Crippen LogP contribution is 2.30. The summed E-state index contributed by atoms with van der Waals surface area (Å²) in [5.41, 5.74) is 5.12. The second-order valence-corrected chi connectivity index (χ2v) is 5.37. The highest BCUT2D eigenvalue weighted by atomic mass is 127. The van der Waals surface area contributed by atoms with Gasteiger partial charge in [-0.25, -0.2) is 4.79 Å². The number of nitrogen functional groups attached to an aromatic ring is 1. The average molecular weight is 381 g/mol. The fourth-order valence-electron chi connectivity index (χ4n) is 2.09. The number of aromatic nitrogens is 2. The summed E-state index contributed by atoms with van der Waals surface area (Å²) in [7, 11) is 0. The van der Waals surface area contributed by atoms with E-state index < -0.39 is 18.0 Å². The smallest absolute Gasteiger partial charge is 0.351 e. The van der Waals surface area contributed by atoms with Crippen LogP contribution in [0.2, 0.25) is 0 Å². The summed E-state index contributed by atoms with van der Waals surface area (Å²) >= 11 is 2.01. The number of nitrogens with two attached hydrogens (primary N) is 1. The number of hydrogen-bond donors (Lipinski definition) is 2. The SMILES string of the molecule is CCOC1CC(n2cc(I)c(N)nc2=O)OC1CO. The van der Waals surface area contributed by atoms with E-state index in [0.29, 0.717) is 16.6 Å². The van der Waals surface area contributed by atoms with Crippen LogP contribution in [-0.2, 0) is 9.47 Å². The van der Waals surface area contributed by atoms with Gasteiger partial charge in [-0.3, -0.25) is 4.57 Å². The lowest BCUT2D eigenvalue weighted by Crippen LogP contribution is -2.29. The van der Waals surface area contributed by atoms with Crippen molar-refractivity contribution in [3.05, 3.63) is 20.3 Å². The van der Waals surface area contributed by atoms with E-state index in [1.165, 1.54) is 4.57 Å². The lowest BCUT2D eigenvalue weighted by Gasteiger charge is -2.15. The summed E-state index contributed by atoms with van der Waals surface area (Å²) in [6.07, 6.45) is 0.983. The zero-order chi connectivity index (χ0) is 14.0. The number of hydrogen-bond acceptors (Lipinski definition) is 6. The van der Waals surface area contributed by atoms with E-state index in [2.05, 4.69) is 4.98 Å². The molecule has 1 aliphatic heterocycles. The van der Waals surface area contributed by atoms with Crippen molar-refractivity contribution in [2.75, 3.05) is 18.9 Å². The largest absolute Gasteiger partial charge is 0.394 e. The predicted molar refractivity (Wildman–Crippen MR) is 76.7 cm³/mol. The first kappa shape index (κ1) is 14.7. The molecule has 2 heterocycles. The van der Waals surface area contributed by atoms with Crippen molar-refractivity contribution in [2.45, 2.75) is 31.8 Å². The Kier molecular flexibility index (Phi) is 4.76. The normalized spacial score (nSPS) is 26.8. The highest BCUT2D eigenvalue weighted by molar-refractivity contribution is 14.1. The Morgan fingerprint density at radius 3 is 3.11 bits per heavy atom. The Balaban J connectivity index is 2.24. The quantitative estimate of drug-likeness (QED) is 0.719. The van der Waals surface area contributed by atoms with Gasteiger partial charge >= 0.3 is 5.69 Å². The average Bonchev–Trinajstić information content (AvgIpc) is 2.77. The molecule has 1 aromatic rings. The molecule has 19 heavy (non-hydrogen) atoms. The van der Waals surface area contributed by atoms with Crippen LogP contribution in [0.25, 0.3) is 0 Å². The van der Waals surface area contributed by atoms with Crippen molar-refractivity contribution in [1.29, 1.82) is 0 Å². The molecule has 7 nitrogen and oxygen atoms in total. The van der Waals surface area contributed by atoms with E-state index in [-0.39, 0.29) is 18.5 Å². The lowest BCUT2D eigenvalue weighted by molar-refractivity contribution is -0.0603. The molecule has 0 bridgehead atoms. The Bertz CT molecular complexity index is 507. The minimum Gasteiger partial charge on any atom is -0.394 e. The maximum atomic E-state index is 11.8. The molecule has 0 aromatic carbocycles. The predicted octanol–water partition coefficient (Wildman–Crippen LogP) is 0.115.